The summed E-state index contributed by atoms with van der Waals surface area (Å²) in [5, 5.41) is 3.60. The third-order valence-electron chi connectivity index (χ3n) is 6.45. The number of halogens is 2. The fourth-order valence-corrected chi connectivity index (χ4v) is 5.35. The van der Waals surface area contributed by atoms with Gasteiger partial charge >= 0.3 is 0 Å². The van der Waals surface area contributed by atoms with E-state index in [2.05, 4.69) is 33.4 Å². The van der Waals surface area contributed by atoms with E-state index >= 15 is 0 Å². The van der Waals surface area contributed by atoms with Crippen molar-refractivity contribution < 1.29 is 9.21 Å². The normalized spacial score (nSPS) is 15.0. The molecule has 8 heteroatoms. The molecule has 0 fully saturated rings. The number of pyridine rings is 1. The van der Waals surface area contributed by atoms with Crippen molar-refractivity contribution >= 4 is 29.1 Å². The minimum atomic E-state index is -0.300. The standard InChI is InChI=1S/C28H26Cl2N4O2/c29-22-9-3-10-23(30)26(22)28(35)33-16-19-5-1-6-20(15-19)17-34(18-25-31-13-14-36-25)24-11-2-7-21-8-4-12-32-27(21)24/h1,3-6,8-10,12-15,24H,2,7,11,16-18H2,(H,33,35). The highest BCUT2D eigenvalue weighted by atomic mass is 35.5. The highest BCUT2D eigenvalue weighted by Gasteiger charge is 2.28. The lowest BCUT2D eigenvalue weighted by molar-refractivity contribution is 0.0951. The minimum Gasteiger partial charge on any atom is -0.448 e. The Balaban J connectivity index is 1.33. The zero-order valence-electron chi connectivity index (χ0n) is 19.7. The van der Waals surface area contributed by atoms with Crippen LogP contribution in [0.4, 0.5) is 0 Å². The van der Waals surface area contributed by atoms with E-state index in [1.807, 2.05) is 24.4 Å². The van der Waals surface area contributed by atoms with Crippen molar-refractivity contribution in [3.63, 3.8) is 0 Å². The molecule has 0 aliphatic heterocycles. The molecule has 184 valence electrons. The number of oxazole rings is 1. The van der Waals surface area contributed by atoms with E-state index in [0.717, 1.165) is 36.1 Å². The fraction of sp³-hybridized carbons (Fsp3) is 0.250. The van der Waals surface area contributed by atoms with Gasteiger partial charge in [0.25, 0.3) is 5.91 Å². The Bertz CT molecular complexity index is 1320. The Kier molecular flexibility index (Phi) is 7.66. The second kappa shape index (κ2) is 11.2. The molecule has 1 aliphatic rings. The topological polar surface area (TPSA) is 71.3 Å². The van der Waals surface area contributed by atoms with Gasteiger partial charge in [0.15, 0.2) is 0 Å². The van der Waals surface area contributed by atoms with Crippen molar-refractivity contribution in [3.8, 4) is 0 Å². The fourth-order valence-electron chi connectivity index (χ4n) is 4.78. The molecule has 1 N–H and O–H groups in total. The predicted molar refractivity (Wildman–Crippen MR) is 140 cm³/mol. The first-order valence-corrected chi connectivity index (χ1v) is 12.7. The van der Waals surface area contributed by atoms with Gasteiger partial charge in [-0.25, -0.2) is 4.98 Å². The van der Waals surface area contributed by atoms with Crippen LogP contribution in [-0.4, -0.2) is 20.8 Å². The van der Waals surface area contributed by atoms with E-state index in [1.165, 1.54) is 5.56 Å². The Morgan fingerprint density at radius 2 is 1.81 bits per heavy atom. The average molecular weight is 521 g/mol. The van der Waals surface area contributed by atoms with Crippen LogP contribution in [0.1, 0.15) is 57.5 Å². The molecule has 6 nitrogen and oxygen atoms in total. The summed E-state index contributed by atoms with van der Waals surface area (Å²) in [4.78, 5) is 24.2. The number of hydrogen-bond acceptors (Lipinski definition) is 5. The summed E-state index contributed by atoms with van der Waals surface area (Å²) in [7, 11) is 0. The summed E-state index contributed by atoms with van der Waals surface area (Å²) in [5.74, 6) is 0.379. The summed E-state index contributed by atoms with van der Waals surface area (Å²) in [6.07, 6.45) is 8.34. The Hall–Kier alpha value is -3.19. The third kappa shape index (κ3) is 5.62. The molecule has 1 atom stereocenters. The maximum absolute atomic E-state index is 12.7. The van der Waals surface area contributed by atoms with Gasteiger partial charge in [-0.05, 0) is 54.2 Å². The number of rotatable bonds is 8. The smallest absolute Gasteiger partial charge is 0.254 e. The quantitative estimate of drug-likeness (QED) is 0.291. The highest BCUT2D eigenvalue weighted by Crippen LogP contribution is 2.34. The van der Waals surface area contributed by atoms with Crippen LogP contribution in [0, 0.1) is 0 Å². The van der Waals surface area contributed by atoms with Crippen molar-refractivity contribution in [1.29, 1.82) is 0 Å². The molecule has 1 amide bonds. The first-order chi connectivity index (χ1) is 17.6. The van der Waals surface area contributed by atoms with Gasteiger partial charge in [0.1, 0.15) is 6.26 Å². The number of fused-ring (bicyclic) bond motifs is 1. The molecule has 2 heterocycles. The number of aromatic nitrogens is 2. The van der Waals surface area contributed by atoms with Gasteiger partial charge in [0.2, 0.25) is 5.89 Å². The minimum absolute atomic E-state index is 0.174. The van der Waals surface area contributed by atoms with Crippen molar-refractivity contribution in [2.45, 2.75) is 44.9 Å². The van der Waals surface area contributed by atoms with Gasteiger partial charge < -0.3 is 9.73 Å². The highest BCUT2D eigenvalue weighted by molar-refractivity contribution is 6.39. The summed E-state index contributed by atoms with van der Waals surface area (Å²) >= 11 is 12.4. The maximum atomic E-state index is 12.7. The first kappa shape index (κ1) is 24.5. The predicted octanol–water partition coefficient (Wildman–Crippen LogP) is 6.39. The largest absolute Gasteiger partial charge is 0.448 e. The van der Waals surface area contributed by atoms with Gasteiger partial charge in [0.05, 0.1) is 40.1 Å². The number of hydrogen-bond donors (Lipinski definition) is 1. The zero-order chi connectivity index (χ0) is 24.9. The monoisotopic (exact) mass is 520 g/mol. The zero-order valence-corrected chi connectivity index (χ0v) is 21.2. The Morgan fingerprint density at radius 1 is 1.00 bits per heavy atom. The van der Waals surface area contributed by atoms with Gasteiger partial charge in [-0.2, -0.15) is 0 Å². The second-order valence-corrected chi connectivity index (χ2v) is 9.70. The van der Waals surface area contributed by atoms with Crippen LogP contribution in [0.2, 0.25) is 10.0 Å². The lowest BCUT2D eigenvalue weighted by Crippen LogP contribution is -2.31. The molecule has 0 bridgehead atoms. The molecule has 1 aliphatic carbocycles. The molecular weight excluding hydrogens is 495 g/mol. The summed E-state index contributed by atoms with van der Waals surface area (Å²) in [6, 6.07) is 17.6. The SMILES string of the molecule is O=C(NCc1cccc(CN(Cc2ncco2)C2CCCc3cccnc32)c1)c1c(Cl)cccc1Cl. The second-order valence-electron chi connectivity index (χ2n) is 8.89. The van der Waals surface area contributed by atoms with E-state index in [9.17, 15) is 4.79 Å². The van der Waals surface area contributed by atoms with E-state index in [1.54, 1.807) is 30.7 Å². The molecule has 2 aromatic carbocycles. The van der Waals surface area contributed by atoms with Crippen LogP contribution in [0.3, 0.4) is 0 Å². The van der Waals surface area contributed by atoms with Crippen LogP contribution in [0.5, 0.6) is 0 Å². The number of carbonyl (C=O) groups excluding carboxylic acids is 1. The van der Waals surface area contributed by atoms with E-state index in [-0.39, 0.29) is 17.5 Å². The lowest BCUT2D eigenvalue weighted by Gasteiger charge is -2.34. The molecule has 0 saturated heterocycles. The average Bonchev–Trinajstić information content (AvgIpc) is 3.40. The van der Waals surface area contributed by atoms with Crippen molar-refractivity contribution in [1.82, 2.24) is 20.2 Å². The number of nitrogens with zero attached hydrogens (tertiary/aromatic N) is 3. The number of nitrogens with one attached hydrogen (secondary N) is 1. The number of carbonyl (C=O) groups is 1. The molecule has 5 rings (SSSR count). The molecule has 0 radical (unpaired) electrons. The Labute approximate surface area is 220 Å². The molecule has 1 unspecified atom stereocenters. The van der Waals surface area contributed by atoms with Crippen molar-refractivity contribution in [2.24, 2.45) is 0 Å². The van der Waals surface area contributed by atoms with E-state index in [4.69, 9.17) is 32.6 Å². The molecule has 0 spiro atoms. The molecule has 0 saturated carbocycles. The Morgan fingerprint density at radius 3 is 2.61 bits per heavy atom. The molecule has 2 aromatic heterocycles. The van der Waals surface area contributed by atoms with Crippen LogP contribution in [0.15, 0.2) is 77.7 Å². The van der Waals surface area contributed by atoms with Gasteiger partial charge in [-0.15, -0.1) is 0 Å². The van der Waals surface area contributed by atoms with E-state index in [0.29, 0.717) is 35.6 Å². The van der Waals surface area contributed by atoms with Crippen LogP contribution in [-0.2, 0) is 26.1 Å². The summed E-state index contributed by atoms with van der Waals surface area (Å²) in [6.45, 7) is 1.64. The summed E-state index contributed by atoms with van der Waals surface area (Å²) < 4.78 is 5.59. The van der Waals surface area contributed by atoms with Crippen molar-refractivity contribution in [3.05, 3.63) is 117 Å². The van der Waals surface area contributed by atoms with Crippen molar-refractivity contribution in [2.75, 3.05) is 0 Å². The number of amides is 1. The first-order valence-electron chi connectivity index (χ1n) is 11.9. The number of aryl methyl sites for hydroxylation is 1. The third-order valence-corrected chi connectivity index (χ3v) is 7.08. The van der Waals surface area contributed by atoms with Crippen LogP contribution < -0.4 is 5.32 Å². The molecule has 4 aromatic rings. The van der Waals surface area contributed by atoms with Gasteiger partial charge in [-0.1, -0.05) is 59.6 Å². The lowest BCUT2D eigenvalue weighted by atomic mass is 9.90. The summed E-state index contributed by atoms with van der Waals surface area (Å²) in [5.41, 5.74) is 4.85. The maximum Gasteiger partial charge on any atom is 0.254 e. The van der Waals surface area contributed by atoms with Gasteiger partial charge in [0, 0.05) is 19.3 Å². The van der Waals surface area contributed by atoms with Crippen LogP contribution in [0.25, 0.3) is 0 Å². The van der Waals surface area contributed by atoms with Gasteiger partial charge in [-0.3, -0.25) is 14.7 Å². The molecular formula is C28H26Cl2N4O2. The number of benzene rings is 2. The van der Waals surface area contributed by atoms with E-state index < -0.39 is 0 Å². The van der Waals surface area contributed by atoms with Crippen LogP contribution >= 0.6 is 23.2 Å². The molecule has 36 heavy (non-hydrogen) atoms.